The normalized spacial score (nSPS) is 29.8. The van der Waals surface area contributed by atoms with Gasteiger partial charge in [-0.15, -0.1) is 0 Å². The fourth-order valence-electron chi connectivity index (χ4n) is 4.17. The van der Waals surface area contributed by atoms with Gasteiger partial charge in [0, 0.05) is 6.04 Å². The minimum atomic E-state index is 0.492. The predicted molar refractivity (Wildman–Crippen MR) is 87.8 cm³/mol. The third kappa shape index (κ3) is 2.38. The number of benzene rings is 1. The average Bonchev–Trinajstić information content (AvgIpc) is 2.79. The second-order valence-corrected chi connectivity index (χ2v) is 8.01. The van der Waals surface area contributed by atoms with Gasteiger partial charge in [0.25, 0.3) is 0 Å². The van der Waals surface area contributed by atoms with Crippen molar-refractivity contribution >= 4 is 0 Å². The minimum Gasteiger partial charge on any atom is -0.496 e. The number of rotatable bonds is 5. The number of hydrogen-bond acceptors (Lipinski definition) is 2. The molecule has 1 N–H and O–H groups in total. The highest BCUT2D eigenvalue weighted by Gasteiger charge is 2.64. The van der Waals surface area contributed by atoms with Crippen LogP contribution in [-0.4, -0.2) is 19.7 Å². The molecule has 3 rings (SSSR count). The van der Waals surface area contributed by atoms with Crippen molar-refractivity contribution < 1.29 is 4.74 Å². The zero-order valence-corrected chi connectivity index (χ0v) is 14.1. The second-order valence-electron chi connectivity index (χ2n) is 8.01. The van der Waals surface area contributed by atoms with Gasteiger partial charge in [-0.25, -0.2) is 0 Å². The van der Waals surface area contributed by atoms with E-state index in [1.807, 2.05) is 6.07 Å². The molecule has 1 aromatic carbocycles. The summed E-state index contributed by atoms with van der Waals surface area (Å²) in [4.78, 5) is 0. The van der Waals surface area contributed by atoms with Crippen LogP contribution >= 0.6 is 0 Å². The Bertz CT molecular complexity index is 500. The summed E-state index contributed by atoms with van der Waals surface area (Å²) in [6.45, 7) is 10.8. The smallest absolute Gasteiger partial charge is 0.122 e. The second kappa shape index (κ2) is 5.01. The third-order valence-electron chi connectivity index (χ3n) is 6.65. The molecule has 2 heteroatoms. The molecule has 2 saturated carbocycles. The van der Waals surface area contributed by atoms with Gasteiger partial charge >= 0.3 is 0 Å². The molecule has 0 saturated heterocycles. The van der Waals surface area contributed by atoms with Crippen LogP contribution in [0, 0.1) is 16.7 Å². The Morgan fingerprint density at radius 1 is 1.10 bits per heavy atom. The van der Waals surface area contributed by atoms with E-state index in [-0.39, 0.29) is 0 Å². The van der Waals surface area contributed by atoms with Crippen LogP contribution in [0.15, 0.2) is 24.3 Å². The molecule has 116 valence electrons. The predicted octanol–water partition coefficient (Wildman–Crippen LogP) is 4.21. The van der Waals surface area contributed by atoms with Crippen molar-refractivity contribution in [2.45, 2.75) is 52.5 Å². The molecule has 21 heavy (non-hydrogen) atoms. The Balaban J connectivity index is 1.49. The zero-order chi connectivity index (χ0) is 15.3. The summed E-state index contributed by atoms with van der Waals surface area (Å²) in [5.74, 6) is 2.53. The Morgan fingerprint density at radius 2 is 1.71 bits per heavy atom. The van der Waals surface area contributed by atoms with Crippen LogP contribution in [0.2, 0.25) is 0 Å². The maximum absolute atomic E-state index is 5.48. The van der Waals surface area contributed by atoms with Crippen LogP contribution in [0.3, 0.4) is 0 Å². The molecule has 1 aromatic rings. The molecular weight excluding hydrogens is 258 g/mol. The van der Waals surface area contributed by atoms with E-state index in [0.717, 1.165) is 11.7 Å². The van der Waals surface area contributed by atoms with E-state index >= 15 is 0 Å². The first-order chi connectivity index (χ1) is 9.88. The number of ether oxygens (including phenoxy) is 1. The zero-order valence-electron chi connectivity index (χ0n) is 14.1. The number of nitrogens with one attached hydrogen (secondary N) is 1. The summed E-state index contributed by atoms with van der Waals surface area (Å²) in [5.41, 5.74) is 2.36. The van der Waals surface area contributed by atoms with Gasteiger partial charge in [-0.05, 0) is 53.7 Å². The van der Waals surface area contributed by atoms with Crippen LogP contribution in [0.25, 0.3) is 0 Å². The van der Waals surface area contributed by atoms with Gasteiger partial charge in [0.15, 0.2) is 0 Å². The van der Waals surface area contributed by atoms with Crippen LogP contribution in [0.5, 0.6) is 5.75 Å². The van der Waals surface area contributed by atoms with Crippen molar-refractivity contribution in [3.8, 4) is 5.75 Å². The van der Waals surface area contributed by atoms with Crippen molar-refractivity contribution in [3.05, 3.63) is 29.8 Å². The molecule has 0 spiro atoms. The van der Waals surface area contributed by atoms with E-state index in [1.54, 1.807) is 7.11 Å². The fourth-order valence-corrected chi connectivity index (χ4v) is 4.17. The Hall–Kier alpha value is -1.02. The monoisotopic (exact) mass is 287 g/mol. The van der Waals surface area contributed by atoms with Crippen LogP contribution in [0.4, 0.5) is 0 Å². The van der Waals surface area contributed by atoms with E-state index in [2.05, 4.69) is 51.2 Å². The lowest BCUT2D eigenvalue weighted by Gasteiger charge is -2.37. The Morgan fingerprint density at radius 3 is 2.29 bits per heavy atom. The third-order valence-corrected chi connectivity index (χ3v) is 6.65. The summed E-state index contributed by atoms with van der Waals surface area (Å²) in [5, 5.41) is 3.79. The van der Waals surface area contributed by atoms with E-state index in [4.69, 9.17) is 4.74 Å². The van der Waals surface area contributed by atoms with Crippen LogP contribution < -0.4 is 10.1 Å². The van der Waals surface area contributed by atoms with Gasteiger partial charge in [-0.3, -0.25) is 0 Å². The van der Waals surface area contributed by atoms with Gasteiger partial charge in [0.2, 0.25) is 0 Å². The first kappa shape index (κ1) is 14.9. The molecule has 2 aliphatic carbocycles. The van der Waals surface area contributed by atoms with Crippen molar-refractivity contribution in [1.82, 2.24) is 5.32 Å². The largest absolute Gasteiger partial charge is 0.496 e. The first-order valence-electron chi connectivity index (χ1n) is 8.24. The molecule has 0 aromatic heterocycles. The van der Waals surface area contributed by atoms with Gasteiger partial charge in [-0.2, -0.15) is 0 Å². The van der Waals surface area contributed by atoms with E-state index in [0.29, 0.717) is 22.8 Å². The SMILES string of the molecule is COc1ccccc1C1CC(NCC2C(C)(C)C2(C)C)C1. The van der Waals surface area contributed by atoms with Crippen molar-refractivity contribution in [3.63, 3.8) is 0 Å². The lowest BCUT2D eigenvalue weighted by molar-refractivity contribution is 0.275. The highest BCUT2D eigenvalue weighted by Crippen LogP contribution is 2.68. The van der Waals surface area contributed by atoms with Crippen LogP contribution in [-0.2, 0) is 0 Å². The molecule has 2 nitrogen and oxygen atoms in total. The molecule has 2 fully saturated rings. The molecule has 0 bridgehead atoms. The molecular formula is C19H29NO. The summed E-state index contributed by atoms with van der Waals surface area (Å²) in [6, 6.07) is 9.15. The summed E-state index contributed by atoms with van der Waals surface area (Å²) < 4.78 is 5.48. The molecule has 0 aliphatic heterocycles. The van der Waals surface area contributed by atoms with Gasteiger partial charge < -0.3 is 10.1 Å². The highest BCUT2D eigenvalue weighted by molar-refractivity contribution is 5.37. The lowest BCUT2D eigenvalue weighted by Crippen LogP contribution is -2.41. The highest BCUT2D eigenvalue weighted by atomic mass is 16.5. The van der Waals surface area contributed by atoms with E-state index in [1.165, 1.54) is 24.9 Å². The number of hydrogen-bond donors (Lipinski definition) is 1. The molecule has 2 aliphatic rings. The average molecular weight is 287 g/mol. The minimum absolute atomic E-state index is 0.492. The van der Waals surface area contributed by atoms with E-state index in [9.17, 15) is 0 Å². The molecule has 0 atom stereocenters. The fraction of sp³-hybridized carbons (Fsp3) is 0.684. The molecule has 0 amide bonds. The summed E-state index contributed by atoms with van der Waals surface area (Å²) in [7, 11) is 1.77. The van der Waals surface area contributed by atoms with Crippen molar-refractivity contribution in [1.29, 1.82) is 0 Å². The topological polar surface area (TPSA) is 21.3 Å². The number of para-hydroxylation sites is 1. The maximum atomic E-state index is 5.48. The van der Waals surface area contributed by atoms with Crippen molar-refractivity contribution in [2.75, 3.05) is 13.7 Å². The molecule has 0 radical (unpaired) electrons. The maximum Gasteiger partial charge on any atom is 0.122 e. The quantitative estimate of drug-likeness (QED) is 0.876. The lowest BCUT2D eigenvalue weighted by atomic mass is 9.75. The van der Waals surface area contributed by atoms with Crippen molar-refractivity contribution in [2.24, 2.45) is 16.7 Å². The standard InChI is InChI=1S/C19H29NO/c1-18(2)17(19(18,3)4)12-20-14-10-13(11-14)15-8-6-7-9-16(15)21-5/h6-9,13-14,17,20H,10-12H2,1-5H3. The first-order valence-corrected chi connectivity index (χ1v) is 8.24. The molecule has 0 unspecified atom stereocenters. The van der Waals surface area contributed by atoms with E-state index < -0.39 is 0 Å². The van der Waals surface area contributed by atoms with Gasteiger partial charge in [-0.1, -0.05) is 45.9 Å². The van der Waals surface area contributed by atoms with Crippen LogP contribution in [0.1, 0.15) is 52.0 Å². The van der Waals surface area contributed by atoms with Gasteiger partial charge in [0.1, 0.15) is 5.75 Å². The number of methoxy groups -OCH3 is 1. The summed E-state index contributed by atoms with van der Waals surface area (Å²) in [6.07, 6.45) is 2.49. The Labute approximate surface area is 129 Å². The van der Waals surface area contributed by atoms with Gasteiger partial charge in [0.05, 0.1) is 7.11 Å². The Kier molecular flexibility index (Phi) is 3.56. The molecule has 0 heterocycles. The summed E-state index contributed by atoms with van der Waals surface area (Å²) >= 11 is 0.